The van der Waals surface area contributed by atoms with Gasteiger partial charge in [-0.1, -0.05) is 19.1 Å². The topological polar surface area (TPSA) is 75.3 Å². The van der Waals surface area contributed by atoms with Gasteiger partial charge < -0.3 is 5.32 Å². The second-order valence-electron chi connectivity index (χ2n) is 4.73. The lowest BCUT2D eigenvalue weighted by Crippen LogP contribution is -2.32. The van der Waals surface area contributed by atoms with E-state index in [1.807, 2.05) is 13.8 Å². The Balaban J connectivity index is 2.57. The maximum atomic E-state index is 11.6. The molecule has 1 unspecified atom stereocenters. The molecule has 20 heavy (non-hydrogen) atoms. The van der Waals surface area contributed by atoms with Gasteiger partial charge in [0.25, 0.3) is 0 Å². The predicted octanol–water partition coefficient (Wildman–Crippen LogP) is 1.44. The summed E-state index contributed by atoms with van der Waals surface area (Å²) >= 11 is 0. The normalized spacial score (nSPS) is 12.9. The van der Waals surface area contributed by atoms with Gasteiger partial charge in [0.2, 0.25) is 15.9 Å². The minimum absolute atomic E-state index is 0.0197. The molecule has 0 aliphatic carbocycles. The molecule has 1 aromatic rings. The molecule has 0 heterocycles. The van der Waals surface area contributed by atoms with Gasteiger partial charge in [-0.05, 0) is 44.5 Å². The minimum atomic E-state index is -3.39. The van der Waals surface area contributed by atoms with Gasteiger partial charge in [-0.2, -0.15) is 0 Å². The van der Waals surface area contributed by atoms with Crippen LogP contribution in [0.15, 0.2) is 29.2 Å². The molecule has 1 amide bonds. The molecule has 1 rings (SSSR count). The van der Waals surface area contributed by atoms with Crippen molar-refractivity contribution in [2.24, 2.45) is 0 Å². The Morgan fingerprint density at radius 1 is 1.25 bits per heavy atom. The molecule has 0 saturated heterocycles. The third-order valence-corrected chi connectivity index (χ3v) is 4.59. The van der Waals surface area contributed by atoms with E-state index in [1.54, 1.807) is 24.3 Å². The van der Waals surface area contributed by atoms with Crippen molar-refractivity contribution in [1.29, 1.82) is 0 Å². The van der Waals surface area contributed by atoms with Crippen LogP contribution in [-0.2, 0) is 21.2 Å². The molecule has 0 fully saturated rings. The van der Waals surface area contributed by atoms with E-state index >= 15 is 0 Å². The van der Waals surface area contributed by atoms with Crippen molar-refractivity contribution >= 4 is 15.9 Å². The first kappa shape index (κ1) is 16.7. The number of carbonyl (C=O) groups is 1. The lowest BCUT2D eigenvalue weighted by Gasteiger charge is -2.11. The first-order chi connectivity index (χ1) is 9.39. The highest BCUT2D eigenvalue weighted by Gasteiger charge is 2.11. The highest BCUT2D eigenvalue weighted by atomic mass is 32.2. The van der Waals surface area contributed by atoms with Crippen molar-refractivity contribution < 1.29 is 13.2 Å². The van der Waals surface area contributed by atoms with Crippen molar-refractivity contribution in [3.63, 3.8) is 0 Å². The van der Waals surface area contributed by atoms with Crippen LogP contribution >= 0.6 is 0 Å². The van der Waals surface area contributed by atoms with Crippen molar-refractivity contribution in [3.05, 3.63) is 29.8 Å². The van der Waals surface area contributed by atoms with E-state index in [9.17, 15) is 13.2 Å². The summed E-state index contributed by atoms with van der Waals surface area (Å²) in [5.74, 6) is 0.0197. The third-order valence-electron chi connectivity index (χ3n) is 3.16. The van der Waals surface area contributed by atoms with Gasteiger partial charge in [-0.25, -0.2) is 13.1 Å². The number of hydrogen-bond acceptors (Lipinski definition) is 3. The van der Waals surface area contributed by atoms with Crippen LogP contribution in [0.1, 0.15) is 32.3 Å². The maximum absolute atomic E-state index is 11.6. The molecular weight excluding hydrogens is 276 g/mol. The molecule has 2 N–H and O–H groups in total. The molecule has 0 radical (unpaired) electrons. The fourth-order valence-electron chi connectivity index (χ4n) is 1.66. The average molecular weight is 298 g/mol. The number of hydrogen-bond donors (Lipinski definition) is 2. The van der Waals surface area contributed by atoms with Crippen LogP contribution in [-0.4, -0.2) is 27.4 Å². The lowest BCUT2D eigenvalue weighted by molar-refractivity contribution is -0.121. The first-order valence-electron chi connectivity index (χ1n) is 6.71. The van der Waals surface area contributed by atoms with Crippen LogP contribution in [0.3, 0.4) is 0 Å². The quantitative estimate of drug-likeness (QED) is 0.800. The minimum Gasteiger partial charge on any atom is -0.354 e. The van der Waals surface area contributed by atoms with E-state index in [2.05, 4.69) is 10.0 Å². The number of rotatable bonds is 7. The van der Waals surface area contributed by atoms with Crippen molar-refractivity contribution in [2.45, 2.75) is 44.0 Å². The highest BCUT2D eigenvalue weighted by Crippen LogP contribution is 2.11. The largest absolute Gasteiger partial charge is 0.354 e. The smallest absolute Gasteiger partial charge is 0.240 e. The molecule has 0 aliphatic rings. The van der Waals surface area contributed by atoms with E-state index in [1.165, 1.54) is 7.05 Å². The summed E-state index contributed by atoms with van der Waals surface area (Å²) in [7, 11) is -2.02. The Morgan fingerprint density at radius 2 is 1.85 bits per heavy atom. The molecule has 0 bridgehead atoms. The number of aryl methyl sites for hydroxylation is 1. The summed E-state index contributed by atoms with van der Waals surface area (Å²) in [6.07, 6.45) is 1.91. The van der Waals surface area contributed by atoms with Crippen molar-refractivity contribution in [2.75, 3.05) is 7.05 Å². The van der Waals surface area contributed by atoms with Crippen LogP contribution < -0.4 is 10.0 Å². The van der Waals surface area contributed by atoms with E-state index in [4.69, 9.17) is 0 Å². The summed E-state index contributed by atoms with van der Waals surface area (Å²) in [4.78, 5) is 11.9. The molecule has 0 aliphatic heterocycles. The van der Waals surface area contributed by atoms with E-state index in [-0.39, 0.29) is 16.8 Å². The summed E-state index contributed by atoms with van der Waals surface area (Å²) < 4.78 is 25.4. The molecule has 112 valence electrons. The van der Waals surface area contributed by atoms with Crippen LogP contribution in [0, 0.1) is 0 Å². The van der Waals surface area contributed by atoms with E-state index in [0.717, 1.165) is 12.0 Å². The molecule has 0 saturated carbocycles. The third kappa shape index (κ3) is 4.94. The fraction of sp³-hybridized carbons (Fsp3) is 0.500. The predicted molar refractivity (Wildman–Crippen MR) is 78.9 cm³/mol. The Labute approximate surface area is 120 Å². The lowest BCUT2D eigenvalue weighted by atomic mass is 10.1. The van der Waals surface area contributed by atoms with E-state index < -0.39 is 10.0 Å². The second-order valence-corrected chi connectivity index (χ2v) is 6.61. The molecule has 6 heteroatoms. The summed E-state index contributed by atoms with van der Waals surface area (Å²) in [6, 6.07) is 6.76. The number of sulfonamides is 1. The maximum Gasteiger partial charge on any atom is 0.240 e. The fourth-order valence-corrected chi connectivity index (χ4v) is 2.39. The van der Waals surface area contributed by atoms with Crippen LogP contribution in [0.5, 0.6) is 0 Å². The van der Waals surface area contributed by atoms with Crippen LogP contribution in [0.4, 0.5) is 0 Å². The zero-order valence-electron chi connectivity index (χ0n) is 12.1. The van der Waals surface area contributed by atoms with Gasteiger partial charge in [-0.15, -0.1) is 0 Å². The standard InChI is InChI=1S/C14H22N2O3S/c1-4-11(2)16-14(17)10-7-12-5-8-13(9-6-12)20(18,19)15-3/h5-6,8-9,11,15H,4,7,10H2,1-3H3,(H,16,17). The summed E-state index contributed by atoms with van der Waals surface area (Å²) in [5, 5.41) is 2.90. The number of amides is 1. The van der Waals surface area contributed by atoms with Crippen molar-refractivity contribution in [3.8, 4) is 0 Å². The molecule has 1 atom stereocenters. The van der Waals surface area contributed by atoms with E-state index in [0.29, 0.717) is 12.8 Å². The van der Waals surface area contributed by atoms with Gasteiger partial charge in [0, 0.05) is 12.5 Å². The molecule has 1 aromatic carbocycles. The Kier molecular flexibility index (Phi) is 6.16. The Bertz CT molecular complexity index is 538. The van der Waals surface area contributed by atoms with Crippen molar-refractivity contribution in [1.82, 2.24) is 10.0 Å². The molecule has 5 nitrogen and oxygen atoms in total. The summed E-state index contributed by atoms with van der Waals surface area (Å²) in [6.45, 7) is 3.99. The zero-order valence-corrected chi connectivity index (χ0v) is 13.0. The number of benzene rings is 1. The van der Waals surface area contributed by atoms with Gasteiger partial charge in [0.05, 0.1) is 4.90 Å². The molecule has 0 aromatic heterocycles. The van der Waals surface area contributed by atoms with Gasteiger partial charge in [-0.3, -0.25) is 4.79 Å². The highest BCUT2D eigenvalue weighted by molar-refractivity contribution is 7.89. The average Bonchev–Trinajstić information content (AvgIpc) is 2.45. The van der Waals surface area contributed by atoms with Crippen LogP contribution in [0.2, 0.25) is 0 Å². The molecular formula is C14H22N2O3S. The monoisotopic (exact) mass is 298 g/mol. The van der Waals surface area contributed by atoms with Gasteiger partial charge in [0.15, 0.2) is 0 Å². The van der Waals surface area contributed by atoms with Gasteiger partial charge >= 0.3 is 0 Å². The Hall–Kier alpha value is -1.40. The SMILES string of the molecule is CCC(C)NC(=O)CCc1ccc(S(=O)(=O)NC)cc1. The van der Waals surface area contributed by atoms with Gasteiger partial charge in [0.1, 0.15) is 0 Å². The molecule has 0 spiro atoms. The number of nitrogens with one attached hydrogen (secondary N) is 2. The number of carbonyl (C=O) groups excluding carboxylic acids is 1. The Morgan fingerprint density at radius 3 is 2.35 bits per heavy atom. The second kappa shape index (κ2) is 7.40. The zero-order chi connectivity index (χ0) is 15.2. The first-order valence-corrected chi connectivity index (χ1v) is 8.19. The summed E-state index contributed by atoms with van der Waals surface area (Å²) in [5.41, 5.74) is 0.944. The van der Waals surface area contributed by atoms with Crippen LogP contribution in [0.25, 0.3) is 0 Å².